The van der Waals surface area contributed by atoms with Crippen LogP contribution in [0.15, 0.2) is 18.2 Å². The third kappa shape index (κ3) is 2.19. The highest BCUT2D eigenvalue weighted by Gasteiger charge is 2.36. The minimum absolute atomic E-state index is 0.121. The van der Waals surface area contributed by atoms with E-state index in [9.17, 15) is 17.6 Å². The van der Waals surface area contributed by atoms with Crippen molar-refractivity contribution >= 4 is 0 Å². The number of halogens is 4. The van der Waals surface area contributed by atoms with Crippen LogP contribution in [0.2, 0.25) is 0 Å². The Morgan fingerprint density at radius 2 is 1.62 bits per heavy atom. The van der Waals surface area contributed by atoms with Crippen molar-refractivity contribution in [1.29, 1.82) is 0 Å². The van der Waals surface area contributed by atoms with Crippen LogP contribution in [0, 0.1) is 18.2 Å². The Labute approximate surface area is 91.3 Å². The van der Waals surface area contributed by atoms with Crippen molar-refractivity contribution < 1.29 is 17.6 Å². The van der Waals surface area contributed by atoms with E-state index >= 15 is 0 Å². The molecule has 0 heterocycles. The summed E-state index contributed by atoms with van der Waals surface area (Å²) in [4.78, 5) is 0. The molecule has 1 rings (SSSR count). The van der Waals surface area contributed by atoms with Crippen LogP contribution in [-0.2, 0) is 11.6 Å². The van der Waals surface area contributed by atoms with Crippen LogP contribution in [0.5, 0.6) is 0 Å². The van der Waals surface area contributed by atoms with Gasteiger partial charge in [-0.1, -0.05) is 18.1 Å². The summed E-state index contributed by atoms with van der Waals surface area (Å²) >= 11 is 0. The Kier molecular flexibility index (Phi) is 3.00. The van der Waals surface area contributed by atoms with Gasteiger partial charge >= 0.3 is 6.18 Å². The monoisotopic (exact) mass is 230 g/mol. The van der Waals surface area contributed by atoms with E-state index in [0.29, 0.717) is 6.07 Å². The van der Waals surface area contributed by atoms with Gasteiger partial charge in [0.1, 0.15) is 5.82 Å². The zero-order valence-electron chi connectivity index (χ0n) is 8.82. The quantitative estimate of drug-likeness (QED) is 0.509. The van der Waals surface area contributed by atoms with Crippen LogP contribution in [0.3, 0.4) is 0 Å². The molecule has 0 nitrogen and oxygen atoms in total. The molecule has 0 amide bonds. The van der Waals surface area contributed by atoms with Crippen molar-refractivity contribution in [2.24, 2.45) is 0 Å². The summed E-state index contributed by atoms with van der Waals surface area (Å²) in [6.07, 6.45) is 0.465. The summed E-state index contributed by atoms with van der Waals surface area (Å²) < 4.78 is 50.9. The van der Waals surface area contributed by atoms with Crippen LogP contribution in [0.25, 0.3) is 0 Å². The molecule has 1 aromatic carbocycles. The standard InChI is InChI=1S/C12H10F4/c1-4-11(2,3)8-6-5-7-9(10(8)13)12(14,15)16/h1,5-7H,2-3H3. The van der Waals surface area contributed by atoms with Crippen LogP contribution in [0.4, 0.5) is 17.6 Å². The van der Waals surface area contributed by atoms with Gasteiger partial charge in [0.25, 0.3) is 0 Å². The number of rotatable bonds is 1. The van der Waals surface area contributed by atoms with Gasteiger partial charge < -0.3 is 0 Å². The van der Waals surface area contributed by atoms with E-state index in [-0.39, 0.29) is 5.56 Å². The van der Waals surface area contributed by atoms with Crippen LogP contribution in [-0.4, -0.2) is 0 Å². The van der Waals surface area contributed by atoms with E-state index in [1.165, 1.54) is 19.9 Å². The van der Waals surface area contributed by atoms with Crippen LogP contribution in [0.1, 0.15) is 25.0 Å². The van der Waals surface area contributed by atoms with Gasteiger partial charge in [0.15, 0.2) is 0 Å². The molecule has 86 valence electrons. The highest BCUT2D eigenvalue weighted by Crippen LogP contribution is 2.35. The van der Waals surface area contributed by atoms with Crippen molar-refractivity contribution in [3.63, 3.8) is 0 Å². The molecule has 0 fully saturated rings. The van der Waals surface area contributed by atoms with Crippen molar-refractivity contribution in [3.05, 3.63) is 35.1 Å². The second kappa shape index (κ2) is 3.82. The first-order valence-corrected chi connectivity index (χ1v) is 4.54. The van der Waals surface area contributed by atoms with E-state index in [1.807, 2.05) is 0 Å². The van der Waals surface area contributed by atoms with E-state index in [2.05, 4.69) is 5.92 Å². The van der Waals surface area contributed by atoms with Gasteiger partial charge in [-0.2, -0.15) is 13.2 Å². The molecule has 0 saturated carbocycles. The van der Waals surface area contributed by atoms with Gasteiger partial charge in [-0.05, 0) is 19.9 Å². The third-order valence-electron chi connectivity index (χ3n) is 2.34. The maximum atomic E-state index is 13.6. The molecule has 4 heteroatoms. The highest BCUT2D eigenvalue weighted by molar-refractivity contribution is 5.37. The SMILES string of the molecule is C#CC(C)(C)c1cccc(C(F)(F)F)c1F. The molecule has 0 radical (unpaired) electrons. The third-order valence-corrected chi connectivity index (χ3v) is 2.34. The lowest BCUT2D eigenvalue weighted by molar-refractivity contribution is -0.140. The maximum Gasteiger partial charge on any atom is 0.419 e. The largest absolute Gasteiger partial charge is 0.419 e. The molecule has 0 aliphatic heterocycles. The van der Waals surface area contributed by atoms with Gasteiger partial charge in [-0.15, -0.1) is 6.42 Å². The number of hydrogen-bond donors (Lipinski definition) is 0. The van der Waals surface area contributed by atoms with E-state index in [4.69, 9.17) is 6.42 Å². The van der Waals surface area contributed by atoms with Crippen molar-refractivity contribution in [2.75, 3.05) is 0 Å². The molecular weight excluding hydrogens is 220 g/mol. The number of terminal acetylenes is 1. The second-order valence-corrected chi connectivity index (χ2v) is 3.93. The summed E-state index contributed by atoms with van der Waals surface area (Å²) in [5.41, 5.74) is -2.47. The van der Waals surface area contributed by atoms with Gasteiger partial charge in [0.05, 0.1) is 11.0 Å². The van der Waals surface area contributed by atoms with Crippen molar-refractivity contribution in [1.82, 2.24) is 0 Å². The molecule has 0 unspecified atom stereocenters. The Hall–Kier alpha value is -1.50. The van der Waals surface area contributed by atoms with Gasteiger partial charge in [0.2, 0.25) is 0 Å². The van der Waals surface area contributed by atoms with E-state index in [1.54, 1.807) is 0 Å². The fourth-order valence-electron chi connectivity index (χ4n) is 1.31. The molecule has 0 N–H and O–H groups in total. The second-order valence-electron chi connectivity index (χ2n) is 3.93. The normalized spacial score (nSPS) is 12.3. The summed E-state index contributed by atoms with van der Waals surface area (Å²) in [7, 11) is 0. The number of benzene rings is 1. The Morgan fingerprint density at radius 3 is 2.06 bits per heavy atom. The fourth-order valence-corrected chi connectivity index (χ4v) is 1.31. The van der Waals surface area contributed by atoms with Crippen LogP contribution < -0.4 is 0 Å². The molecule has 0 spiro atoms. The molecule has 0 bridgehead atoms. The number of hydrogen-bond acceptors (Lipinski definition) is 0. The molecule has 0 saturated heterocycles. The Morgan fingerprint density at radius 1 is 1.12 bits per heavy atom. The topological polar surface area (TPSA) is 0 Å². The molecule has 16 heavy (non-hydrogen) atoms. The zero-order chi connectivity index (χ0) is 12.6. The van der Waals surface area contributed by atoms with Crippen LogP contribution >= 0.6 is 0 Å². The molecule has 0 aliphatic rings. The molecule has 0 aliphatic carbocycles. The summed E-state index contributed by atoms with van der Waals surface area (Å²) in [5, 5.41) is 0. The smallest absolute Gasteiger partial charge is 0.206 e. The average molecular weight is 230 g/mol. The lowest BCUT2D eigenvalue weighted by Crippen LogP contribution is -2.19. The van der Waals surface area contributed by atoms with E-state index in [0.717, 1.165) is 6.07 Å². The lowest BCUT2D eigenvalue weighted by atomic mass is 9.84. The minimum atomic E-state index is -4.70. The highest BCUT2D eigenvalue weighted by atomic mass is 19.4. The summed E-state index contributed by atoms with van der Waals surface area (Å²) in [6, 6.07) is 3.12. The van der Waals surface area contributed by atoms with Gasteiger partial charge in [-0.25, -0.2) is 4.39 Å². The lowest BCUT2D eigenvalue weighted by Gasteiger charge is -2.20. The molecule has 1 aromatic rings. The first kappa shape index (κ1) is 12.6. The summed E-state index contributed by atoms with van der Waals surface area (Å²) in [5.74, 6) is 0.976. The van der Waals surface area contributed by atoms with Gasteiger partial charge in [0, 0.05) is 5.56 Å². The first-order valence-electron chi connectivity index (χ1n) is 4.54. The van der Waals surface area contributed by atoms with Gasteiger partial charge in [-0.3, -0.25) is 0 Å². The molecular formula is C12H10F4. The maximum absolute atomic E-state index is 13.6. The van der Waals surface area contributed by atoms with Crippen molar-refractivity contribution in [3.8, 4) is 12.3 Å². The summed E-state index contributed by atoms with van der Waals surface area (Å²) in [6.45, 7) is 2.98. The predicted molar refractivity (Wildman–Crippen MR) is 53.3 cm³/mol. The Bertz CT molecular complexity index is 435. The van der Waals surface area contributed by atoms with Crippen molar-refractivity contribution in [2.45, 2.75) is 25.4 Å². The zero-order valence-corrected chi connectivity index (χ0v) is 8.82. The molecule has 0 atom stereocenters. The minimum Gasteiger partial charge on any atom is -0.206 e. The first-order chi connectivity index (χ1) is 7.20. The fraction of sp³-hybridized carbons (Fsp3) is 0.333. The Balaban J connectivity index is 3.43. The molecule has 0 aromatic heterocycles. The average Bonchev–Trinajstić information content (AvgIpc) is 2.16. The number of alkyl halides is 3. The predicted octanol–water partition coefficient (Wildman–Crippen LogP) is 3.76. The van der Waals surface area contributed by atoms with E-state index < -0.39 is 23.0 Å².